The molecular weight excluding hydrogens is 330 g/mol. The van der Waals surface area contributed by atoms with Crippen molar-refractivity contribution in [3.63, 3.8) is 0 Å². The number of anilines is 1. The van der Waals surface area contributed by atoms with Crippen molar-refractivity contribution >= 4 is 38.4 Å². The molecule has 21 heavy (non-hydrogen) atoms. The summed E-state index contributed by atoms with van der Waals surface area (Å²) in [7, 11) is 0. The Morgan fingerprint density at radius 2 is 1.90 bits per heavy atom. The van der Waals surface area contributed by atoms with Crippen molar-refractivity contribution in [3.05, 3.63) is 70.8 Å². The quantitative estimate of drug-likeness (QED) is 0.440. The maximum absolute atomic E-state index is 12.5. The van der Waals surface area contributed by atoms with Crippen LogP contribution in [-0.2, 0) is 0 Å². The molecule has 1 aromatic heterocycles. The van der Waals surface area contributed by atoms with Crippen molar-refractivity contribution in [2.75, 3.05) is 5.01 Å². The van der Waals surface area contributed by atoms with Gasteiger partial charge in [-0.25, -0.2) is 15.8 Å². The zero-order valence-electron chi connectivity index (χ0n) is 11.0. The van der Waals surface area contributed by atoms with Gasteiger partial charge in [0.05, 0.1) is 0 Å². The van der Waals surface area contributed by atoms with Crippen LogP contribution in [0.25, 0.3) is 10.8 Å². The fourth-order valence-electron chi connectivity index (χ4n) is 2.15. The second-order valence-electron chi connectivity index (χ2n) is 4.54. The summed E-state index contributed by atoms with van der Waals surface area (Å²) in [6, 6.07) is 16.7. The molecule has 3 rings (SSSR count). The highest BCUT2D eigenvalue weighted by atomic mass is 79.9. The molecule has 5 heteroatoms. The molecule has 4 nitrogen and oxygen atoms in total. The SMILES string of the molecule is NN(C(=O)c1cccc(Br)c1)c1nccc2ccccc12. The molecule has 0 spiro atoms. The number of benzene rings is 2. The summed E-state index contributed by atoms with van der Waals surface area (Å²) < 4.78 is 0.827. The van der Waals surface area contributed by atoms with E-state index in [1.54, 1.807) is 24.4 Å². The minimum Gasteiger partial charge on any atom is -0.267 e. The van der Waals surface area contributed by atoms with Gasteiger partial charge in [-0.1, -0.05) is 46.3 Å². The highest BCUT2D eigenvalue weighted by Gasteiger charge is 2.17. The van der Waals surface area contributed by atoms with Crippen LogP contribution in [0.2, 0.25) is 0 Å². The minimum absolute atomic E-state index is 0.305. The number of carbonyl (C=O) groups excluding carboxylic acids is 1. The van der Waals surface area contributed by atoms with Crippen LogP contribution >= 0.6 is 15.9 Å². The van der Waals surface area contributed by atoms with Gasteiger partial charge in [0.2, 0.25) is 0 Å². The number of fused-ring (bicyclic) bond motifs is 1. The van der Waals surface area contributed by atoms with Gasteiger partial charge in [-0.05, 0) is 29.7 Å². The van der Waals surface area contributed by atoms with Gasteiger partial charge in [-0.2, -0.15) is 0 Å². The van der Waals surface area contributed by atoms with Crippen molar-refractivity contribution in [2.24, 2.45) is 5.84 Å². The van der Waals surface area contributed by atoms with Gasteiger partial charge in [-0.3, -0.25) is 4.79 Å². The molecule has 0 bridgehead atoms. The number of halogens is 1. The summed E-state index contributed by atoms with van der Waals surface area (Å²) in [6.45, 7) is 0. The lowest BCUT2D eigenvalue weighted by Crippen LogP contribution is -2.38. The number of carbonyl (C=O) groups is 1. The number of nitrogens with zero attached hydrogens (tertiary/aromatic N) is 2. The lowest BCUT2D eigenvalue weighted by Gasteiger charge is -2.17. The van der Waals surface area contributed by atoms with E-state index in [2.05, 4.69) is 20.9 Å². The first kappa shape index (κ1) is 13.7. The maximum Gasteiger partial charge on any atom is 0.273 e. The van der Waals surface area contributed by atoms with Gasteiger partial charge in [0, 0.05) is 21.6 Å². The van der Waals surface area contributed by atoms with Gasteiger partial charge in [-0.15, -0.1) is 0 Å². The van der Waals surface area contributed by atoms with E-state index in [9.17, 15) is 4.79 Å². The lowest BCUT2D eigenvalue weighted by molar-refractivity contribution is 0.0986. The molecule has 0 saturated carbocycles. The summed E-state index contributed by atoms with van der Waals surface area (Å²) in [5, 5.41) is 2.91. The summed E-state index contributed by atoms with van der Waals surface area (Å²) in [4.78, 5) is 16.7. The second kappa shape index (κ2) is 5.63. The predicted molar refractivity (Wildman–Crippen MR) is 86.9 cm³/mol. The summed E-state index contributed by atoms with van der Waals surface area (Å²) in [6.07, 6.45) is 1.64. The standard InChI is InChI=1S/C16H12BrN3O/c17-13-6-3-5-12(10-13)16(21)20(18)15-14-7-2-1-4-11(14)8-9-19-15/h1-10H,18H2. The van der Waals surface area contributed by atoms with Crippen LogP contribution in [0.4, 0.5) is 5.82 Å². The molecule has 0 aliphatic carbocycles. The molecule has 0 radical (unpaired) electrons. The van der Waals surface area contributed by atoms with Gasteiger partial charge in [0.25, 0.3) is 5.91 Å². The fourth-order valence-corrected chi connectivity index (χ4v) is 2.55. The molecule has 2 aromatic carbocycles. The molecule has 1 heterocycles. The molecule has 0 saturated heterocycles. The fraction of sp³-hybridized carbons (Fsp3) is 0. The van der Waals surface area contributed by atoms with Crippen LogP contribution in [0, 0.1) is 0 Å². The van der Waals surface area contributed by atoms with Crippen molar-refractivity contribution in [1.29, 1.82) is 0 Å². The van der Waals surface area contributed by atoms with Crippen LogP contribution in [0.15, 0.2) is 65.3 Å². The normalized spacial score (nSPS) is 10.6. The molecule has 1 amide bonds. The van der Waals surface area contributed by atoms with Gasteiger partial charge in [0.15, 0.2) is 5.82 Å². The van der Waals surface area contributed by atoms with Crippen molar-refractivity contribution < 1.29 is 4.79 Å². The molecule has 0 aliphatic heterocycles. The van der Waals surface area contributed by atoms with E-state index in [1.807, 2.05) is 36.4 Å². The summed E-state index contributed by atoms with van der Waals surface area (Å²) >= 11 is 3.35. The molecule has 0 aliphatic rings. The second-order valence-corrected chi connectivity index (χ2v) is 5.46. The van der Waals surface area contributed by atoms with Gasteiger partial charge in [0.1, 0.15) is 0 Å². The topological polar surface area (TPSA) is 59.2 Å². The monoisotopic (exact) mass is 341 g/mol. The number of hydrazine groups is 1. The molecule has 104 valence electrons. The number of nitrogens with two attached hydrogens (primary N) is 1. The summed E-state index contributed by atoms with van der Waals surface area (Å²) in [5.41, 5.74) is 0.501. The van der Waals surface area contributed by atoms with Crippen LogP contribution < -0.4 is 10.9 Å². The average molecular weight is 342 g/mol. The van der Waals surface area contributed by atoms with Crippen LogP contribution in [-0.4, -0.2) is 10.9 Å². The van der Waals surface area contributed by atoms with E-state index in [0.717, 1.165) is 20.3 Å². The Balaban J connectivity index is 2.04. The third-order valence-electron chi connectivity index (χ3n) is 3.17. The Labute approximate surface area is 130 Å². The largest absolute Gasteiger partial charge is 0.273 e. The first-order chi connectivity index (χ1) is 10.2. The van der Waals surface area contributed by atoms with E-state index in [0.29, 0.717) is 11.4 Å². The number of hydrogen-bond donors (Lipinski definition) is 1. The molecule has 3 aromatic rings. The van der Waals surface area contributed by atoms with Crippen LogP contribution in [0.1, 0.15) is 10.4 Å². The predicted octanol–water partition coefficient (Wildman–Crippen LogP) is 3.52. The van der Waals surface area contributed by atoms with Crippen molar-refractivity contribution in [1.82, 2.24) is 4.98 Å². The maximum atomic E-state index is 12.5. The molecule has 0 atom stereocenters. The van der Waals surface area contributed by atoms with E-state index in [4.69, 9.17) is 5.84 Å². The Kier molecular flexibility index (Phi) is 3.68. The average Bonchev–Trinajstić information content (AvgIpc) is 2.53. The first-order valence-corrected chi connectivity index (χ1v) is 7.14. The number of rotatable bonds is 2. The van der Waals surface area contributed by atoms with Crippen LogP contribution in [0.3, 0.4) is 0 Å². The van der Waals surface area contributed by atoms with Crippen LogP contribution in [0.5, 0.6) is 0 Å². The van der Waals surface area contributed by atoms with Gasteiger partial charge < -0.3 is 0 Å². The number of pyridine rings is 1. The number of hydrogen-bond acceptors (Lipinski definition) is 3. The van der Waals surface area contributed by atoms with Crippen molar-refractivity contribution in [2.45, 2.75) is 0 Å². The molecule has 0 fully saturated rings. The smallest absolute Gasteiger partial charge is 0.267 e. The zero-order valence-corrected chi connectivity index (χ0v) is 12.6. The van der Waals surface area contributed by atoms with E-state index >= 15 is 0 Å². The third-order valence-corrected chi connectivity index (χ3v) is 3.66. The zero-order chi connectivity index (χ0) is 14.8. The first-order valence-electron chi connectivity index (χ1n) is 6.35. The van der Waals surface area contributed by atoms with Gasteiger partial charge >= 0.3 is 0 Å². The number of amides is 1. The summed E-state index contributed by atoms with van der Waals surface area (Å²) in [5.74, 6) is 6.13. The Hall–Kier alpha value is -2.24. The molecular formula is C16H12BrN3O. The Bertz CT molecular complexity index is 814. The van der Waals surface area contributed by atoms with E-state index in [-0.39, 0.29) is 5.91 Å². The highest BCUT2D eigenvalue weighted by Crippen LogP contribution is 2.24. The third kappa shape index (κ3) is 2.66. The Morgan fingerprint density at radius 3 is 2.71 bits per heavy atom. The highest BCUT2D eigenvalue weighted by molar-refractivity contribution is 9.10. The van der Waals surface area contributed by atoms with Crippen molar-refractivity contribution in [3.8, 4) is 0 Å². The molecule has 0 unspecified atom stereocenters. The Morgan fingerprint density at radius 1 is 1.10 bits per heavy atom. The minimum atomic E-state index is -0.305. The molecule has 2 N–H and O–H groups in total. The van der Waals surface area contributed by atoms with E-state index < -0.39 is 0 Å². The van der Waals surface area contributed by atoms with E-state index in [1.165, 1.54) is 0 Å². The number of aromatic nitrogens is 1. The lowest BCUT2D eigenvalue weighted by atomic mass is 10.1.